The van der Waals surface area contributed by atoms with Crippen molar-refractivity contribution >= 4 is 29.6 Å². The number of phenols is 1. The van der Waals surface area contributed by atoms with Gasteiger partial charge in [0.2, 0.25) is 23.6 Å². The van der Waals surface area contributed by atoms with Crippen molar-refractivity contribution in [3.8, 4) is 5.75 Å². The Kier molecular flexibility index (Phi) is 12.8. The van der Waals surface area contributed by atoms with E-state index in [0.717, 1.165) is 0 Å². The van der Waals surface area contributed by atoms with Crippen LogP contribution in [0.4, 0.5) is 0 Å². The molecule has 1 rings (SSSR count). The maximum atomic E-state index is 12.8. The van der Waals surface area contributed by atoms with Gasteiger partial charge in [0.15, 0.2) is 0 Å². The number of benzene rings is 1. The van der Waals surface area contributed by atoms with Crippen molar-refractivity contribution in [3.63, 3.8) is 0 Å². The standard InChI is InChI=1S/C22H34N6O7/c23-10-2-1-3-16(22(34)35)27-19(31)12-26-21(33)17(11-13-4-6-14(29)7-5-13)28-20(32)15(24)8-9-18(25)30/h4-7,15-17,29H,1-3,8-12,23-24H2,(H2,25,30)(H,26,33)(H,27,31)(H,28,32)(H,34,35). The molecule has 0 bridgehead atoms. The predicted octanol–water partition coefficient (Wildman–Crippen LogP) is -2.17. The van der Waals surface area contributed by atoms with Crippen LogP contribution in [0, 0.1) is 0 Å². The van der Waals surface area contributed by atoms with Crippen LogP contribution in [0.15, 0.2) is 24.3 Å². The molecular weight excluding hydrogens is 460 g/mol. The van der Waals surface area contributed by atoms with Gasteiger partial charge in [0, 0.05) is 12.8 Å². The van der Waals surface area contributed by atoms with Gasteiger partial charge in [0.05, 0.1) is 12.6 Å². The molecule has 194 valence electrons. The summed E-state index contributed by atoms with van der Waals surface area (Å²) in [4.78, 5) is 59.7. The first-order chi connectivity index (χ1) is 16.5. The lowest BCUT2D eigenvalue weighted by Gasteiger charge is -2.21. The van der Waals surface area contributed by atoms with Gasteiger partial charge in [-0.1, -0.05) is 12.1 Å². The van der Waals surface area contributed by atoms with Crippen molar-refractivity contribution in [1.82, 2.24) is 16.0 Å². The number of aromatic hydroxyl groups is 1. The minimum Gasteiger partial charge on any atom is -0.508 e. The number of rotatable bonds is 16. The molecule has 3 atom stereocenters. The Bertz CT molecular complexity index is 878. The van der Waals surface area contributed by atoms with E-state index in [1.807, 2.05) is 0 Å². The summed E-state index contributed by atoms with van der Waals surface area (Å²) in [6.45, 7) is -0.119. The largest absolute Gasteiger partial charge is 0.508 e. The zero-order valence-electron chi connectivity index (χ0n) is 19.4. The van der Waals surface area contributed by atoms with E-state index >= 15 is 0 Å². The fraction of sp³-hybridized carbons (Fsp3) is 0.500. The van der Waals surface area contributed by atoms with Gasteiger partial charge in [0.1, 0.15) is 17.8 Å². The molecule has 13 heteroatoms. The van der Waals surface area contributed by atoms with Gasteiger partial charge in [-0.15, -0.1) is 0 Å². The highest BCUT2D eigenvalue weighted by Gasteiger charge is 2.25. The van der Waals surface area contributed by atoms with E-state index in [1.165, 1.54) is 12.1 Å². The Morgan fingerprint density at radius 1 is 0.914 bits per heavy atom. The number of nitrogens with two attached hydrogens (primary N) is 3. The van der Waals surface area contributed by atoms with Crippen molar-refractivity contribution in [3.05, 3.63) is 29.8 Å². The monoisotopic (exact) mass is 494 g/mol. The van der Waals surface area contributed by atoms with Crippen LogP contribution in [-0.4, -0.2) is 71.0 Å². The molecule has 4 amide bonds. The fourth-order valence-electron chi connectivity index (χ4n) is 3.07. The number of hydrogen-bond donors (Lipinski definition) is 8. The van der Waals surface area contributed by atoms with Crippen LogP contribution in [0.1, 0.15) is 37.7 Å². The molecule has 35 heavy (non-hydrogen) atoms. The van der Waals surface area contributed by atoms with Crippen molar-refractivity contribution in [2.75, 3.05) is 13.1 Å². The van der Waals surface area contributed by atoms with Crippen LogP contribution in [0.3, 0.4) is 0 Å². The summed E-state index contributed by atoms with van der Waals surface area (Å²) in [6, 6.07) is 2.58. The number of unbranched alkanes of at least 4 members (excludes halogenated alkanes) is 1. The maximum Gasteiger partial charge on any atom is 0.326 e. The van der Waals surface area contributed by atoms with Crippen molar-refractivity contribution in [2.24, 2.45) is 17.2 Å². The number of phenolic OH excluding ortho intramolecular Hbond substituents is 1. The van der Waals surface area contributed by atoms with E-state index in [4.69, 9.17) is 17.2 Å². The molecule has 0 aliphatic rings. The molecule has 0 heterocycles. The van der Waals surface area contributed by atoms with Crippen LogP contribution in [0.25, 0.3) is 0 Å². The molecule has 1 aromatic carbocycles. The molecule has 11 N–H and O–H groups in total. The molecule has 0 fully saturated rings. The molecule has 0 spiro atoms. The lowest BCUT2D eigenvalue weighted by atomic mass is 10.0. The Hall–Kier alpha value is -3.71. The molecule has 13 nitrogen and oxygen atoms in total. The van der Waals surface area contributed by atoms with E-state index < -0.39 is 54.3 Å². The summed E-state index contributed by atoms with van der Waals surface area (Å²) >= 11 is 0. The highest BCUT2D eigenvalue weighted by molar-refractivity contribution is 5.92. The molecule has 0 aromatic heterocycles. The van der Waals surface area contributed by atoms with Gasteiger partial charge < -0.3 is 43.4 Å². The lowest BCUT2D eigenvalue weighted by Crippen LogP contribution is -2.54. The summed E-state index contributed by atoms with van der Waals surface area (Å²) in [7, 11) is 0. The van der Waals surface area contributed by atoms with E-state index in [-0.39, 0.29) is 31.4 Å². The highest BCUT2D eigenvalue weighted by atomic mass is 16.4. The minimum absolute atomic E-state index is 0.0127. The summed E-state index contributed by atoms with van der Waals surface area (Å²) in [5, 5.41) is 25.9. The van der Waals surface area contributed by atoms with Gasteiger partial charge in [-0.25, -0.2) is 4.79 Å². The number of nitrogens with one attached hydrogen (secondary N) is 3. The second-order valence-electron chi connectivity index (χ2n) is 8.00. The van der Waals surface area contributed by atoms with Crippen LogP contribution < -0.4 is 33.2 Å². The third-order valence-corrected chi connectivity index (χ3v) is 5.05. The maximum absolute atomic E-state index is 12.8. The van der Waals surface area contributed by atoms with Crippen molar-refractivity contribution in [1.29, 1.82) is 0 Å². The Labute approximate surface area is 202 Å². The number of carboxylic acids is 1. The highest BCUT2D eigenvalue weighted by Crippen LogP contribution is 2.12. The third kappa shape index (κ3) is 11.8. The van der Waals surface area contributed by atoms with E-state index in [0.29, 0.717) is 24.9 Å². The molecule has 0 saturated heterocycles. The van der Waals surface area contributed by atoms with Crippen LogP contribution >= 0.6 is 0 Å². The van der Waals surface area contributed by atoms with Gasteiger partial charge in [-0.3, -0.25) is 19.2 Å². The molecule has 0 aliphatic heterocycles. The van der Waals surface area contributed by atoms with Gasteiger partial charge in [0.25, 0.3) is 0 Å². The topological polar surface area (TPSA) is 240 Å². The zero-order chi connectivity index (χ0) is 26.4. The second-order valence-corrected chi connectivity index (χ2v) is 8.00. The summed E-state index contributed by atoms with van der Waals surface area (Å²) in [5.41, 5.74) is 16.8. The first kappa shape index (κ1) is 29.3. The summed E-state index contributed by atoms with van der Waals surface area (Å²) in [6.07, 6.45) is 1.19. The number of primary amides is 1. The molecule has 0 aliphatic carbocycles. The average molecular weight is 495 g/mol. The van der Waals surface area contributed by atoms with Crippen LogP contribution in [0.2, 0.25) is 0 Å². The predicted molar refractivity (Wildman–Crippen MR) is 126 cm³/mol. The first-order valence-electron chi connectivity index (χ1n) is 11.2. The van der Waals surface area contributed by atoms with Gasteiger partial charge in [-0.05, 0) is 49.9 Å². The first-order valence-corrected chi connectivity index (χ1v) is 11.2. The molecule has 0 radical (unpaired) electrons. The Morgan fingerprint density at radius 2 is 1.57 bits per heavy atom. The van der Waals surface area contributed by atoms with Crippen LogP contribution in [-0.2, 0) is 30.4 Å². The molecular formula is C22H34N6O7. The summed E-state index contributed by atoms with van der Waals surface area (Å²) in [5.74, 6) is -3.93. The van der Waals surface area contributed by atoms with Crippen molar-refractivity contribution < 1.29 is 34.2 Å². The molecule has 1 aromatic rings. The quantitative estimate of drug-likeness (QED) is 0.116. The lowest BCUT2D eigenvalue weighted by molar-refractivity contribution is -0.142. The number of aliphatic carboxylic acids is 1. The number of amides is 4. The normalized spacial score (nSPS) is 13.2. The SMILES string of the molecule is NCCCCC(NC(=O)CNC(=O)C(Cc1ccc(O)cc1)NC(=O)C(N)CCC(N)=O)C(=O)O. The number of carbonyl (C=O) groups excluding carboxylic acids is 4. The summed E-state index contributed by atoms with van der Waals surface area (Å²) < 4.78 is 0. The van der Waals surface area contributed by atoms with E-state index in [9.17, 15) is 34.2 Å². The van der Waals surface area contributed by atoms with E-state index in [1.54, 1.807) is 12.1 Å². The number of hydrogen-bond acceptors (Lipinski definition) is 8. The van der Waals surface area contributed by atoms with Crippen molar-refractivity contribution in [2.45, 2.75) is 56.7 Å². The Balaban J connectivity index is 2.79. The number of carbonyl (C=O) groups is 5. The second kappa shape index (κ2) is 15.2. The number of carboxylic acid groups (broad SMARTS) is 1. The minimum atomic E-state index is -1.20. The van der Waals surface area contributed by atoms with Gasteiger partial charge >= 0.3 is 5.97 Å². The molecule has 0 saturated carbocycles. The smallest absolute Gasteiger partial charge is 0.326 e. The fourth-order valence-corrected chi connectivity index (χ4v) is 3.07. The van der Waals surface area contributed by atoms with Crippen LogP contribution in [0.5, 0.6) is 5.75 Å². The Morgan fingerprint density at radius 3 is 2.14 bits per heavy atom. The van der Waals surface area contributed by atoms with E-state index in [2.05, 4.69) is 16.0 Å². The molecule has 3 unspecified atom stereocenters. The van der Waals surface area contributed by atoms with Gasteiger partial charge in [-0.2, -0.15) is 0 Å². The average Bonchev–Trinajstić information content (AvgIpc) is 2.81. The zero-order valence-corrected chi connectivity index (χ0v) is 19.4. The third-order valence-electron chi connectivity index (χ3n) is 5.05.